The molecule has 6 nitrogen and oxygen atoms in total. The molecule has 1 unspecified atom stereocenters. The van der Waals surface area contributed by atoms with E-state index in [-0.39, 0.29) is 22.6 Å². The topological polar surface area (TPSA) is 75.7 Å². The van der Waals surface area contributed by atoms with E-state index in [0.717, 1.165) is 12.8 Å². The minimum atomic E-state index is -3.56. The normalized spacial score (nSPS) is 18.0. The van der Waals surface area contributed by atoms with Gasteiger partial charge in [0.25, 0.3) is 5.91 Å². The van der Waals surface area contributed by atoms with Crippen molar-refractivity contribution < 1.29 is 17.9 Å². The minimum Gasteiger partial charge on any atom is -0.368 e. The predicted molar refractivity (Wildman–Crippen MR) is 102 cm³/mol. The van der Waals surface area contributed by atoms with E-state index in [4.69, 9.17) is 4.74 Å². The first kappa shape index (κ1) is 20.9. The lowest BCUT2D eigenvalue weighted by Crippen LogP contribution is -2.37. The standard InChI is InChI=1S/C19H30N2O4S/c1-14(2)12-21(13-15(3)4)26(23,24)17-9-7-16(8-10-17)20-19(22)18-6-5-11-25-18/h7-10,14-15,18H,5-6,11-13H2,1-4H3,(H,20,22). The van der Waals surface area contributed by atoms with Crippen LogP contribution in [0.4, 0.5) is 5.69 Å². The second-order valence-electron chi connectivity index (χ2n) is 7.63. The van der Waals surface area contributed by atoms with Gasteiger partial charge in [-0.1, -0.05) is 27.7 Å². The van der Waals surface area contributed by atoms with Crippen LogP contribution >= 0.6 is 0 Å². The van der Waals surface area contributed by atoms with Crippen LogP contribution in [-0.4, -0.2) is 44.4 Å². The number of benzene rings is 1. The molecule has 1 fully saturated rings. The van der Waals surface area contributed by atoms with Gasteiger partial charge in [-0.2, -0.15) is 4.31 Å². The van der Waals surface area contributed by atoms with E-state index in [1.807, 2.05) is 27.7 Å². The fraction of sp³-hybridized carbons (Fsp3) is 0.632. The average Bonchev–Trinajstić information content (AvgIpc) is 3.08. The fourth-order valence-corrected chi connectivity index (χ4v) is 4.72. The molecule has 0 radical (unpaired) electrons. The molecular formula is C19H30N2O4S. The summed E-state index contributed by atoms with van der Waals surface area (Å²) in [5.41, 5.74) is 0.573. The van der Waals surface area contributed by atoms with E-state index in [2.05, 4.69) is 5.32 Å². The van der Waals surface area contributed by atoms with Gasteiger partial charge in [0.1, 0.15) is 6.10 Å². The van der Waals surface area contributed by atoms with Gasteiger partial charge in [-0.05, 0) is 48.9 Å². The van der Waals surface area contributed by atoms with Gasteiger partial charge in [-0.3, -0.25) is 4.79 Å². The fourth-order valence-electron chi connectivity index (χ4n) is 2.95. The molecule has 1 heterocycles. The van der Waals surface area contributed by atoms with E-state index < -0.39 is 16.1 Å². The number of amides is 1. The smallest absolute Gasteiger partial charge is 0.253 e. The van der Waals surface area contributed by atoms with Crippen molar-refractivity contribution in [2.24, 2.45) is 11.8 Å². The summed E-state index contributed by atoms with van der Waals surface area (Å²) in [4.78, 5) is 12.3. The number of hydrogen-bond donors (Lipinski definition) is 1. The number of nitrogens with zero attached hydrogens (tertiary/aromatic N) is 1. The molecule has 0 bridgehead atoms. The summed E-state index contributed by atoms with van der Waals surface area (Å²) in [5.74, 6) is 0.307. The third-order valence-electron chi connectivity index (χ3n) is 4.12. The molecule has 1 N–H and O–H groups in total. The molecule has 0 spiro atoms. The number of carbonyl (C=O) groups excluding carboxylic acids is 1. The highest BCUT2D eigenvalue weighted by Gasteiger charge is 2.26. The van der Waals surface area contributed by atoms with Gasteiger partial charge in [0.15, 0.2) is 0 Å². The summed E-state index contributed by atoms with van der Waals surface area (Å²) in [6, 6.07) is 6.35. The Labute approximate surface area is 157 Å². The number of ether oxygens (including phenoxy) is 1. The van der Waals surface area contributed by atoms with E-state index in [0.29, 0.717) is 25.4 Å². The molecule has 0 aliphatic carbocycles. The first-order valence-electron chi connectivity index (χ1n) is 9.23. The zero-order valence-electron chi connectivity index (χ0n) is 16.1. The first-order valence-corrected chi connectivity index (χ1v) is 10.7. The van der Waals surface area contributed by atoms with Crippen LogP contribution in [-0.2, 0) is 19.6 Å². The molecule has 0 saturated carbocycles. The van der Waals surface area contributed by atoms with Gasteiger partial charge in [0.05, 0.1) is 4.90 Å². The van der Waals surface area contributed by atoms with Gasteiger partial charge >= 0.3 is 0 Å². The Balaban J connectivity index is 2.12. The van der Waals surface area contributed by atoms with E-state index in [1.54, 1.807) is 28.6 Å². The third kappa shape index (κ3) is 5.53. The molecule has 1 aromatic carbocycles. The van der Waals surface area contributed by atoms with Crippen LogP contribution in [0.2, 0.25) is 0 Å². The zero-order chi connectivity index (χ0) is 19.3. The maximum atomic E-state index is 13.0. The molecular weight excluding hydrogens is 352 g/mol. The lowest BCUT2D eigenvalue weighted by Gasteiger charge is -2.25. The minimum absolute atomic E-state index is 0.181. The Morgan fingerprint density at radius 3 is 2.19 bits per heavy atom. The van der Waals surface area contributed by atoms with Crippen molar-refractivity contribution in [2.75, 3.05) is 25.0 Å². The number of carbonyl (C=O) groups is 1. The van der Waals surface area contributed by atoms with Crippen LogP contribution in [0.1, 0.15) is 40.5 Å². The molecule has 2 rings (SSSR count). The van der Waals surface area contributed by atoms with Crippen LogP contribution in [0, 0.1) is 11.8 Å². The van der Waals surface area contributed by atoms with Crippen LogP contribution in [0.25, 0.3) is 0 Å². The Morgan fingerprint density at radius 1 is 1.15 bits per heavy atom. The van der Waals surface area contributed by atoms with Crippen molar-refractivity contribution in [2.45, 2.75) is 51.5 Å². The Kier molecular flexibility index (Phi) is 7.20. The Morgan fingerprint density at radius 2 is 1.73 bits per heavy atom. The molecule has 1 aliphatic heterocycles. The second-order valence-corrected chi connectivity index (χ2v) is 9.56. The number of nitrogens with one attached hydrogen (secondary N) is 1. The van der Waals surface area contributed by atoms with Gasteiger partial charge < -0.3 is 10.1 Å². The van der Waals surface area contributed by atoms with Crippen molar-refractivity contribution in [3.05, 3.63) is 24.3 Å². The number of rotatable bonds is 8. The summed E-state index contributed by atoms with van der Waals surface area (Å²) >= 11 is 0. The molecule has 26 heavy (non-hydrogen) atoms. The number of sulfonamides is 1. The van der Waals surface area contributed by atoms with E-state index in [1.165, 1.54) is 0 Å². The summed E-state index contributed by atoms with van der Waals surface area (Å²) in [6.45, 7) is 9.60. The molecule has 1 saturated heterocycles. The molecule has 1 aromatic rings. The molecule has 146 valence electrons. The highest BCUT2D eigenvalue weighted by Crippen LogP contribution is 2.21. The van der Waals surface area contributed by atoms with Crippen molar-refractivity contribution in [3.8, 4) is 0 Å². The van der Waals surface area contributed by atoms with Crippen molar-refractivity contribution in [3.63, 3.8) is 0 Å². The molecule has 1 aliphatic rings. The highest BCUT2D eigenvalue weighted by molar-refractivity contribution is 7.89. The first-order chi connectivity index (χ1) is 12.2. The number of anilines is 1. The van der Waals surface area contributed by atoms with Crippen LogP contribution in [0.3, 0.4) is 0 Å². The number of hydrogen-bond acceptors (Lipinski definition) is 4. The Bertz CT molecular complexity index is 683. The lowest BCUT2D eigenvalue weighted by molar-refractivity contribution is -0.124. The molecule has 1 atom stereocenters. The van der Waals surface area contributed by atoms with Crippen LogP contribution in [0.5, 0.6) is 0 Å². The maximum Gasteiger partial charge on any atom is 0.253 e. The van der Waals surface area contributed by atoms with Crippen LogP contribution < -0.4 is 5.32 Å². The summed E-state index contributed by atoms with van der Waals surface area (Å²) < 4.78 is 32.8. The summed E-state index contributed by atoms with van der Waals surface area (Å²) in [5, 5.41) is 2.78. The van der Waals surface area contributed by atoms with Gasteiger partial charge in [-0.15, -0.1) is 0 Å². The largest absolute Gasteiger partial charge is 0.368 e. The maximum absolute atomic E-state index is 13.0. The zero-order valence-corrected chi connectivity index (χ0v) is 16.9. The van der Waals surface area contributed by atoms with Crippen LogP contribution in [0.15, 0.2) is 29.2 Å². The molecule has 0 aromatic heterocycles. The Hall–Kier alpha value is -1.44. The molecule has 1 amide bonds. The quantitative estimate of drug-likeness (QED) is 0.749. The van der Waals surface area contributed by atoms with Crippen molar-refractivity contribution in [1.82, 2.24) is 4.31 Å². The van der Waals surface area contributed by atoms with Gasteiger partial charge in [-0.25, -0.2) is 8.42 Å². The SMILES string of the molecule is CC(C)CN(CC(C)C)S(=O)(=O)c1ccc(NC(=O)C2CCCO2)cc1. The molecule has 7 heteroatoms. The summed E-state index contributed by atoms with van der Waals surface area (Å²) in [7, 11) is -3.56. The van der Waals surface area contributed by atoms with E-state index >= 15 is 0 Å². The average molecular weight is 383 g/mol. The summed E-state index contributed by atoms with van der Waals surface area (Å²) in [6.07, 6.45) is 1.19. The van der Waals surface area contributed by atoms with Crippen molar-refractivity contribution in [1.29, 1.82) is 0 Å². The highest BCUT2D eigenvalue weighted by atomic mass is 32.2. The lowest BCUT2D eigenvalue weighted by atomic mass is 10.2. The monoisotopic (exact) mass is 382 g/mol. The van der Waals surface area contributed by atoms with E-state index in [9.17, 15) is 13.2 Å². The second kappa shape index (κ2) is 8.97. The van der Waals surface area contributed by atoms with Gasteiger partial charge in [0.2, 0.25) is 10.0 Å². The van der Waals surface area contributed by atoms with Crippen molar-refractivity contribution >= 4 is 21.6 Å². The third-order valence-corrected chi connectivity index (χ3v) is 5.97. The predicted octanol–water partition coefficient (Wildman–Crippen LogP) is 3.11. The van der Waals surface area contributed by atoms with Gasteiger partial charge in [0, 0.05) is 25.4 Å².